The summed E-state index contributed by atoms with van der Waals surface area (Å²) in [5.74, 6) is 0.907. The summed E-state index contributed by atoms with van der Waals surface area (Å²) in [5, 5.41) is 3.51. The zero-order valence-corrected chi connectivity index (χ0v) is 10.3. The first-order valence-electron chi connectivity index (χ1n) is 5.82. The SMILES string of the molecule is CC1CN(Cc2ncccn2)C(C)(C)CN1. The van der Waals surface area contributed by atoms with Crippen molar-refractivity contribution in [2.24, 2.45) is 0 Å². The van der Waals surface area contributed by atoms with Crippen molar-refractivity contribution in [3.8, 4) is 0 Å². The van der Waals surface area contributed by atoms with Gasteiger partial charge in [-0.15, -0.1) is 0 Å². The van der Waals surface area contributed by atoms with E-state index < -0.39 is 0 Å². The molecule has 0 aromatic carbocycles. The molecular formula is C12H20N4. The molecule has 0 aliphatic carbocycles. The average Bonchev–Trinajstić information content (AvgIpc) is 2.26. The fourth-order valence-corrected chi connectivity index (χ4v) is 2.04. The topological polar surface area (TPSA) is 41.1 Å². The molecule has 1 atom stereocenters. The van der Waals surface area contributed by atoms with Gasteiger partial charge in [0.25, 0.3) is 0 Å². The molecule has 1 aromatic rings. The minimum Gasteiger partial charge on any atom is -0.311 e. The van der Waals surface area contributed by atoms with E-state index in [0.29, 0.717) is 6.04 Å². The van der Waals surface area contributed by atoms with E-state index in [1.807, 2.05) is 6.07 Å². The molecule has 1 unspecified atom stereocenters. The number of piperazine rings is 1. The summed E-state index contributed by atoms with van der Waals surface area (Å²) in [4.78, 5) is 11.0. The minimum atomic E-state index is 0.172. The van der Waals surface area contributed by atoms with Crippen molar-refractivity contribution in [1.82, 2.24) is 20.2 Å². The number of nitrogens with one attached hydrogen (secondary N) is 1. The molecule has 2 heterocycles. The Labute approximate surface area is 97.1 Å². The summed E-state index contributed by atoms with van der Waals surface area (Å²) in [7, 11) is 0. The second kappa shape index (κ2) is 4.47. The van der Waals surface area contributed by atoms with Crippen LogP contribution in [0.2, 0.25) is 0 Å². The number of nitrogens with zero attached hydrogens (tertiary/aromatic N) is 3. The summed E-state index contributed by atoms with van der Waals surface area (Å²) in [5.41, 5.74) is 0.172. The average molecular weight is 220 g/mol. The molecule has 1 N–H and O–H groups in total. The van der Waals surface area contributed by atoms with Crippen molar-refractivity contribution in [3.63, 3.8) is 0 Å². The summed E-state index contributed by atoms with van der Waals surface area (Å²) >= 11 is 0. The van der Waals surface area contributed by atoms with Crippen molar-refractivity contribution >= 4 is 0 Å². The van der Waals surface area contributed by atoms with E-state index in [-0.39, 0.29) is 5.54 Å². The van der Waals surface area contributed by atoms with Crippen LogP contribution in [0.15, 0.2) is 18.5 Å². The lowest BCUT2D eigenvalue weighted by Crippen LogP contribution is -2.60. The molecule has 88 valence electrons. The van der Waals surface area contributed by atoms with Crippen molar-refractivity contribution in [3.05, 3.63) is 24.3 Å². The van der Waals surface area contributed by atoms with Crippen LogP contribution < -0.4 is 5.32 Å². The van der Waals surface area contributed by atoms with Crippen molar-refractivity contribution in [2.75, 3.05) is 13.1 Å². The van der Waals surface area contributed by atoms with E-state index >= 15 is 0 Å². The molecule has 4 nitrogen and oxygen atoms in total. The quantitative estimate of drug-likeness (QED) is 0.809. The third-order valence-electron chi connectivity index (χ3n) is 3.18. The molecule has 0 saturated carbocycles. The molecule has 16 heavy (non-hydrogen) atoms. The fourth-order valence-electron chi connectivity index (χ4n) is 2.04. The van der Waals surface area contributed by atoms with Gasteiger partial charge in [0.15, 0.2) is 0 Å². The Kier molecular flexibility index (Phi) is 3.21. The molecule has 1 aliphatic heterocycles. The zero-order chi connectivity index (χ0) is 11.6. The van der Waals surface area contributed by atoms with Gasteiger partial charge in [-0.2, -0.15) is 0 Å². The van der Waals surface area contributed by atoms with E-state index in [1.54, 1.807) is 12.4 Å². The molecule has 0 bridgehead atoms. The molecule has 1 aromatic heterocycles. The van der Waals surface area contributed by atoms with Gasteiger partial charge in [0.1, 0.15) is 5.82 Å². The molecule has 4 heteroatoms. The van der Waals surface area contributed by atoms with Crippen LogP contribution in [0.4, 0.5) is 0 Å². The fraction of sp³-hybridized carbons (Fsp3) is 0.667. The van der Waals surface area contributed by atoms with Gasteiger partial charge < -0.3 is 5.32 Å². The predicted octanol–water partition coefficient (Wildman–Crippen LogP) is 1.05. The van der Waals surface area contributed by atoms with Gasteiger partial charge >= 0.3 is 0 Å². The van der Waals surface area contributed by atoms with Gasteiger partial charge in [0, 0.05) is 37.1 Å². The lowest BCUT2D eigenvalue weighted by Gasteiger charge is -2.45. The first-order chi connectivity index (χ1) is 7.58. The lowest BCUT2D eigenvalue weighted by atomic mass is 9.98. The van der Waals surface area contributed by atoms with Crippen LogP contribution in [-0.4, -0.2) is 39.5 Å². The Morgan fingerprint density at radius 3 is 2.81 bits per heavy atom. The maximum atomic E-state index is 4.29. The highest BCUT2D eigenvalue weighted by Crippen LogP contribution is 2.19. The van der Waals surface area contributed by atoms with E-state index in [4.69, 9.17) is 0 Å². The van der Waals surface area contributed by atoms with Crippen LogP contribution in [0.1, 0.15) is 26.6 Å². The molecule has 1 fully saturated rings. The van der Waals surface area contributed by atoms with E-state index in [1.165, 1.54) is 0 Å². The van der Waals surface area contributed by atoms with Crippen LogP contribution in [0.5, 0.6) is 0 Å². The summed E-state index contributed by atoms with van der Waals surface area (Å²) in [6, 6.07) is 2.39. The number of hydrogen-bond donors (Lipinski definition) is 1. The van der Waals surface area contributed by atoms with Crippen LogP contribution in [-0.2, 0) is 6.54 Å². The normalized spacial score (nSPS) is 25.6. The highest BCUT2D eigenvalue weighted by molar-refractivity contribution is 4.96. The maximum Gasteiger partial charge on any atom is 0.142 e. The van der Waals surface area contributed by atoms with Crippen LogP contribution in [0, 0.1) is 0 Å². The predicted molar refractivity (Wildman–Crippen MR) is 64.0 cm³/mol. The molecule has 2 rings (SSSR count). The Bertz CT molecular complexity index is 336. The van der Waals surface area contributed by atoms with Crippen LogP contribution >= 0.6 is 0 Å². The molecule has 1 aliphatic rings. The third kappa shape index (κ3) is 2.57. The summed E-state index contributed by atoms with van der Waals surface area (Å²) in [6.45, 7) is 9.63. The van der Waals surface area contributed by atoms with Gasteiger partial charge in [-0.05, 0) is 26.8 Å². The smallest absolute Gasteiger partial charge is 0.142 e. The van der Waals surface area contributed by atoms with E-state index in [0.717, 1.165) is 25.5 Å². The first kappa shape index (κ1) is 11.5. The number of rotatable bonds is 2. The number of hydrogen-bond acceptors (Lipinski definition) is 4. The van der Waals surface area contributed by atoms with Gasteiger partial charge in [-0.25, -0.2) is 9.97 Å². The van der Waals surface area contributed by atoms with Crippen molar-refractivity contribution < 1.29 is 0 Å². The van der Waals surface area contributed by atoms with E-state index in [9.17, 15) is 0 Å². The van der Waals surface area contributed by atoms with Crippen molar-refractivity contribution in [2.45, 2.75) is 38.9 Å². The van der Waals surface area contributed by atoms with E-state index in [2.05, 4.69) is 41.0 Å². The zero-order valence-electron chi connectivity index (χ0n) is 10.3. The molecule has 0 radical (unpaired) electrons. The van der Waals surface area contributed by atoms with Gasteiger partial charge in [-0.1, -0.05) is 0 Å². The second-order valence-corrected chi connectivity index (χ2v) is 5.14. The first-order valence-corrected chi connectivity index (χ1v) is 5.82. The monoisotopic (exact) mass is 220 g/mol. The number of aromatic nitrogens is 2. The van der Waals surface area contributed by atoms with Gasteiger partial charge in [0.05, 0.1) is 6.54 Å². The van der Waals surface area contributed by atoms with Crippen LogP contribution in [0.3, 0.4) is 0 Å². The molecule has 0 spiro atoms. The molecule has 0 amide bonds. The Balaban J connectivity index is 2.07. The second-order valence-electron chi connectivity index (χ2n) is 5.14. The molecular weight excluding hydrogens is 200 g/mol. The highest BCUT2D eigenvalue weighted by Gasteiger charge is 2.32. The highest BCUT2D eigenvalue weighted by atomic mass is 15.3. The Morgan fingerprint density at radius 2 is 2.12 bits per heavy atom. The largest absolute Gasteiger partial charge is 0.311 e. The van der Waals surface area contributed by atoms with Crippen molar-refractivity contribution in [1.29, 1.82) is 0 Å². The Hall–Kier alpha value is -1.00. The van der Waals surface area contributed by atoms with Gasteiger partial charge in [-0.3, -0.25) is 4.90 Å². The lowest BCUT2D eigenvalue weighted by molar-refractivity contribution is 0.0601. The Morgan fingerprint density at radius 1 is 1.44 bits per heavy atom. The summed E-state index contributed by atoms with van der Waals surface area (Å²) < 4.78 is 0. The van der Waals surface area contributed by atoms with Crippen LogP contribution in [0.25, 0.3) is 0 Å². The standard InChI is InChI=1S/C12H20N4/c1-10-7-16(12(2,3)9-15-10)8-11-13-5-4-6-14-11/h4-6,10,15H,7-9H2,1-3H3. The molecule has 1 saturated heterocycles. The third-order valence-corrected chi connectivity index (χ3v) is 3.18. The maximum absolute atomic E-state index is 4.29. The summed E-state index contributed by atoms with van der Waals surface area (Å²) in [6.07, 6.45) is 3.61. The van der Waals surface area contributed by atoms with Gasteiger partial charge in [0.2, 0.25) is 0 Å². The minimum absolute atomic E-state index is 0.172.